The minimum atomic E-state index is -0.0531. The number of amides is 1. The highest BCUT2D eigenvalue weighted by atomic mass is 16.2. The van der Waals surface area contributed by atoms with Gasteiger partial charge in [-0.05, 0) is 60.6 Å². The van der Waals surface area contributed by atoms with E-state index >= 15 is 0 Å². The third-order valence-corrected chi connectivity index (χ3v) is 6.02. The van der Waals surface area contributed by atoms with Gasteiger partial charge in [0.05, 0.1) is 0 Å². The van der Waals surface area contributed by atoms with Gasteiger partial charge in [0.25, 0.3) is 0 Å². The first-order chi connectivity index (χ1) is 12.7. The number of H-pyrrole nitrogens is 1. The molecule has 136 valence electrons. The third-order valence-electron chi connectivity index (χ3n) is 6.02. The van der Waals surface area contributed by atoms with E-state index in [4.69, 9.17) is 0 Å². The largest absolute Gasteiger partial charge is 0.343 e. The predicted molar refractivity (Wildman–Crippen MR) is 102 cm³/mol. The number of nitrogens with one attached hydrogen (secondary N) is 1. The molecule has 4 nitrogen and oxygen atoms in total. The van der Waals surface area contributed by atoms with E-state index < -0.39 is 0 Å². The highest BCUT2D eigenvalue weighted by Gasteiger charge is 2.28. The molecule has 1 atom stereocenters. The number of benzene rings is 1. The fourth-order valence-corrected chi connectivity index (χ4v) is 4.49. The molecule has 1 amide bonds. The number of piperidine rings is 1. The Bertz CT molecular complexity index is 814. The van der Waals surface area contributed by atoms with Crippen LogP contribution in [-0.4, -0.2) is 28.9 Å². The van der Waals surface area contributed by atoms with Gasteiger partial charge in [0.2, 0.25) is 11.5 Å². The Morgan fingerprint density at radius 3 is 2.65 bits per heavy atom. The first-order valence-corrected chi connectivity index (χ1v) is 9.72. The Morgan fingerprint density at radius 2 is 1.88 bits per heavy atom. The van der Waals surface area contributed by atoms with Gasteiger partial charge < -0.3 is 9.88 Å². The molecule has 1 aliphatic heterocycles. The smallest absolute Gasteiger partial charge is 0.247 e. The molecule has 1 aromatic heterocycles. The number of aryl methyl sites for hydroxylation is 1. The summed E-state index contributed by atoms with van der Waals surface area (Å²) in [6.45, 7) is 1.72. The zero-order valence-corrected chi connectivity index (χ0v) is 15.1. The quantitative estimate of drug-likeness (QED) is 0.920. The highest BCUT2D eigenvalue weighted by Crippen LogP contribution is 2.36. The summed E-state index contributed by atoms with van der Waals surface area (Å²) in [5.41, 5.74) is 3.93. The number of aromatic nitrogens is 1. The molecular formula is C22H26N2O2. The van der Waals surface area contributed by atoms with Crippen LogP contribution < -0.4 is 5.56 Å². The molecule has 2 aromatic rings. The Morgan fingerprint density at radius 1 is 1.08 bits per heavy atom. The van der Waals surface area contributed by atoms with Gasteiger partial charge in [0.15, 0.2) is 0 Å². The van der Waals surface area contributed by atoms with Crippen molar-refractivity contribution in [1.82, 2.24) is 9.88 Å². The van der Waals surface area contributed by atoms with Gasteiger partial charge in [-0.15, -0.1) is 0 Å². The molecule has 1 aromatic carbocycles. The van der Waals surface area contributed by atoms with Gasteiger partial charge in [-0.3, -0.25) is 9.59 Å². The number of rotatable bonds is 4. The molecule has 26 heavy (non-hydrogen) atoms. The molecule has 4 rings (SSSR count). The summed E-state index contributed by atoms with van der Waals surface area (Å²) in [6, 6.07) is 12.1. The molecule has 2 heterocycles. The maximum absolute atomic E-state index is 12.8. The zero-order valence-electron chi connectivity index (χ0n) is 15.1. The molecule has 0 bridgehead atoms. The molecule has 4 heteroatoms. The molecule has 1 aliphatic carbocycles. The standard InChI is InChI=1S/C22H26N2O2/c25-21-8-5-17(15-23-21)13-16-9-11-24(12-10-16)22(26)14-19-7-6-18-3-1-2-4-20(18)19/h1-5,8,15-16,19H,6-7,9-14H2,(H,23,25). The number of hydrogen-bond acceptors (Lipinski definition) is 2. The Balaban J connectivity index is 1.29. The molecule has 0 radical (unpaired) electrons. The number of pyridine rings is 1. The maximum Gasteiger partial charge on any atom is 0.247 e. The van der Waals surface area contributed by atoms with Gasteiger partial charge in [-0.2, -0.15) is 0 Å². The summed E-state index contributed by atoms with van der Waals surface area (Å²) < 4.78 is 0. The Kier molecular flexibility index (Phi) is 4.91. The second kappa shape index (κ2) is 7.48. The minimum Gasteiger partial charge on any atom is -0.343 e. The average molecular weight is 350 g/mol. The van der Waals surface area contributed by atoms with E-state index in [1.165, 1.54) is 16.7 Å². The van der Waals surface area contributed by atoms with Crippen LogP contribution in [0.1, 0.15) is 48.3 Å². The summed E-state index contributed by atoms with van der Waals surface area (Å²) in [5.74, 6) is 1.31. The van der Waals surface area contributed by atoms with Gasteiger partial charge in [0.1, 0.15) is 0 Å². The highest BCUT2D eigenvalue weighted by molar-refractivity contribution is 5.77. The van der Waals surface area contributed by atoms with Crippen LogP contribution in [-0.2, 0) is 17.6 Å². The van der Waals surface area contributed by atoms with Crippen molar-refractivity contribution < 1.29 is 4.79 Å². The van der Waals surface area contributed by atoms with Crippen molar-refractivity contribution in [1.29, 1.82) is 0 Å². The van der Waals surface area contributed by atoms with E-state index in [1.807, 2.05) is 12.3 Å². The van der Waals surface area contributed by atoms with E-state index in [0.29, 0.717) is 24.2 Å². The fraction of sp³-hybridized carbons (Fsp3) is 0.455. The van der Waals surface area contributed by atoms with Crippen molar-refractivity contribution in [3.63, 3.8) is 0 Å². The van der Waals surface area contributed by atoms with Crippen LogP contribution in [0.3, 0.4) is 0 Å². The summed E-state index contributed by atoms with van der Waals surface area (Å²) in [6.07, 6.45) is 7.76. The van der Waals surface area contributed by atoms with Crippen molar-refractivity contribution in [2.24, 2.45) is 5.92 Å². The molecular weight excluding hydrogens is 324 g/mol. The number of carbonyl (C=O) groups excluding carboxylic acids is 1. The van der Waals surface area contributed by atoms with Crippen molar-refractivity contribution in [2.45, 2.75) is 44.4 Å². The summed E-state index contributed by atoms with van der Waals surface area (Å²) in [7, 11) is 0. The van der Waals surface area contributed by atoms with E-state index in [1.54, 1.807) is 6.07 Å². The molecule has 2 aliphatic rings. The fourth-order valence-electron chi connectivity index (χ4n) is 4.49. The number of aromatic amines is 1. The number of fused-ring (bicyclic) bond motifs is 1. The van der Waals surface area contributed by atoms with Crippen LogP contribution in [0.4, 0.5) is 0 Å². The average Bonchev–Trinajstić information content (AvgIpc) is 3.07. The lowest BCUT2D eigenvalue weighted by Gasteiger charge is -2.32. The van der Waals surface area contributed by atoms with Crippen LogP contribution in [0.2, 0.25) is 0 Å². The van der Waals surface area contributed by atoms with Gasteiger partial charge in [0, 0.05) is 31.8 Å². The monoisotopic (exact) mass is 350 g/mol. The van der Waals surface area contributed by atoms with Crippen LogP contribution in [0, 0.1) is 5.92 Å². The predicted octanol–water partition coefficient (Wildman–Crippen LogP) is 3.28. The lowest BCUT2D eigenvalue weighted by atomic mass is 9.90. The van der Waals surface area contributed by atoms with E-state index in [2.05, 4.69) is 34.1 Å². The van der Waals surface area contributed by atoms with Gasteiger partial charge in [-0.1, -0.05) is 30.3 Å². The lowest BCUT2D eigenvalue weighted by Crippen LogP contribution is -2.39. The van der Waals surface area contributed by atoms with Crippen molar-refractivity contribution in [3.05, 3.63) is 69.6 Å². The second-order valence-electron chi connectivity index (χ2n) is 7.73. The van der Waals surface area contributed by atoms with Crippen LogP contribution in [0.5, 0.6) is 0 Å². The van der Waals surface area contributed by atoms with Crippen LogP contribution >= 0.6 is 0 Å². The lowest BCUT2D eigenvalue weighted by molar-refractivity contribution is -0.133. The van der Waals surface area contributed by atoms with Gasteiger partial charge in [-0.25, -0.2) is 0 Å². The van der Waals surface area contributed by atoms with E-state index in [9.17, 15) is 9.59 Å². The molecule has 0 spiro atoms. The Hall–Kier alpha value is -2.36. The molecule has 0 saturated carbocycles. The summed E-state index contributed by atoms with van der Waals surface area (Å²) in [5, 5.41) is 0. The summed E-state index contributed by atoms with van der Waals surface area (Å²) in [4.78, 5) is 28.7. The third kappa shape index (κ3) is 3.74. The van der Waals surface area contributed by atoms with Crippen LogP contribution in [0.25, 0.3) is 0 Å². The Labute approximate surface area is 154 Å². The number of hydrogen-bond donors (Lipinski definition) is 1. The number of nitrogens with zero attached hydrogens (tertiary/aromatic N) is 1. The molecule has 1 saturated heterocycles. The normalized spacial score (nSPS) is 20.2. The van der Waals surface area contributed by atoms with E-state index in [0.717, 1.165) is 45.2 Å². The number of carbonyl (C=O) groups is 1. The number of likely N-dealkylation sites (tertiary alicyclic amines) is 1. The second-order valence-corrected chi connectivity index (χ2v) is 7.73. The first-order valence-electron chi connectivity index (χ1n) is 9.72. The topological polar surface area (TPSA) is 53.2 Å². The first kappa shape index (κ1) is 17.1. The van der Waals surface area contributed by atoms with Crippen LogP contribution in [0.15, 0.2) is 47.4 Å². The molecule has 1 unspecified atom stereocenters. The van der Waals surface area contributed by atoms with Crippen molar-refractivity contribution in [3.8, 4) is 0 Å². The van der Waals surface area contributed by atoms with Gasteiger partial charge >= 0.3 is 0 Å². The van der Waals surface area contributed by atoms with E-state index in [-0.39, 0.29) is 5.56 Å². The SMILES string of the molecule is O=C(CC1CCc2ccccc21)N1CCC(Cc2ccc(=O)[nH]c2)CC1. The zero-order chi connectivity index (χ0) is 17.9. The molecule has 1 N–H and O–H groups in total. The molecule has 1 fully saturated rings. The minimum absolute atomic E-state index is 0.0531. The van der Waals surface area contributed by atoms with Crippen molar-refractivity contribution in [2.75, 3.05) is 13.1 Å². The van der Waals surface area contributed by atoms with Crippen molar-refractivity contribution >= 4 is 5.91 Å². The summed E-state index contributed by atoms with van der Waals surface area (Å²) >= 11 is 0. The maximum atomic E-state index is 12.8.